The Morgan fingerprint density at radius 3 is 3.00 bits per heavy atom. The quantitative estimate of drug-likeness (QED) is 0.472. The van der Waals surface area contributed by atoms with E-state index in [1.54, 1.807) is 0 Å². The zero-order chi connectivity index (χ0) is 11.3. The van der Waals surface area contributed by atoms with E-state index in [2.05, 4.69) is 9.98 Å². The summed E-state index contributed by atoms with van der Waals surface area (Å²) in [4.78, 5) is 40.1. The Kier molecular flexibility index (Phi) is 3.65. The molecule has 0 saturated carbocycles. The largest absolute Gasteiger partial charge is 0.296 e. The zero-order valence-corrected chi connectivity index (χ0v) is 8.14. The summed E-state index contributed by atoms with van der Waals surface area (Å²) in [5.74, 6) is -0.291. The summed E-state index contributed by atoms with van der Waals surface area (Å²) in [5, 5.41) is 0. The molecule has 0 aliphatic carbocycles. The predicted octanol–water partition coefficient (Wildman–Crippen LogP) is 0.0132. The number of carbonyl (C=O) groups is 2. The Labute approximate surface area is 86.0 Å². The van der Waals surface area contributed by atoms with Gasteiger partial charge in [0.15, 0.2) is 0 Å². The number of nitrogens with zero attached hydrogens (tertiary/aromatic N) is 3. The lowest BCUT2D eigenvalue weighted by atomic mass is 10.3. The SMILES string of the molecule is CC(=O)N1CCC(=O)N=C1/C=C\N=C=O. The highest BCUT2D eigenvalue weighted by Gasteiger charge is 2.20. The molecular weight excluding hydrogens is 198 g/mol. The molecule has 0 bridgehead atoms. The van der Waals surface area contributed by atoms with Gasteiger partial charge in [0.25, 0.3) is 0 Å². The smallest absolute Gasteiger partial charge is 0.249 e. The Balaban J connectivity index is 2.92. The second-order valence-electron chi connectivity index (χ2n) is 2.82. The Morgan fingerprint density at radius 1 is 1.67 bits per heavy atom. The standard InChI is InChI=1S/C9H9N3O3/c1-7(14)12-5-3-9(15)11-8(12)2-4-10-6-13/h2,4H,3,5H2,1H3/b4-2-. The summed E-state index contributed by atoms with van der Waals surface area (Å²) in [6.45, 7) is 1.68. The lowest BCUT2D eigenvalue weighted by molar-refractivity contribution is -0.126. The van der Waals surface area contributed by atoms with Gasteiger partial charge in [0, 0.05) is 32.2 Å². The van der Waals surface area contributed by atoms with Crippen LogP contribution in [0.1, 0.15) is 13.3 Å². The van der Waals surface area contributed by atoms with Crippen LogP contribution in [0.5, 0.6) is 0 Å². The molecule has 78 valence electrons. The third-order valence-electron chi connectivity index (χ3n) is 1.80. The normalized spacial score (nSPS) is 16.2. The van der Waals surface area contributed by atoms with Gasteiger partial charge in [-0.05, 0) is 0 Å². The molecule has 0 radical (unpaired) electrons. The van der Waals surface area contributed by atoms with Gasteiger partial charge in [-0.15, -0.1) is 0 Å². The molecule has 0 fully saturated rings. The molecule has 0 N–H and O–H groups in total. The molecule has 15 heavy (non-hydrogen) atoms. The van der Waals surface area contributed by atoms with Crippen LogP contribution in [-0.4, -0.2) is 35.2 Å². The number of hydrogen-bond donors (Lipinski definition) is 0. The zero-order valence-electron chi connectivity index (χ0n) is 8.14. The molecule has 1 aliphatic heterocycles. The van der Waals surface area contributed by atoms with E-state index in [4.69, 9.17) is 0 Å². The fourth-order valence-electron chi connectivity index (χ4n) is 1.15. The number of rotatable bonds is 2. The van der Waals surface area contributed by atoms with Crippen LogP contribution >= 0.6 is 0 Å². The molecule has 0 saturated heterocycles. The summed E-state index contributed by atoms with van der Waals surface area (Å²) in [5.41, 5.74) is 0. The number of amidine groups is 1. The number of aliphatic imine (C=N–C) groups is 2. The maximum Gasteiger partial charge on any atom is 0.249 e. The van der Waals surface area contributed by atoms with E-state index in [1.165, 1.54) is 24.0 Å². The van der Waals surface area contributed by atoms with E-state index in [1.807, 2.05) is 0 Å². The topological polar surface area (TPSA) is 79.2 Å². The lowest BCUT2D eigenvalue weighted by Crippen LogP contribution is -2.39. The highest BCUT2D eigenvalue weighted by Crippen LogP contribution is 2.05. The molecule has 0 aromatic rings. The minimum atomic E-state index is -0.290. The number of carbonyl (C=O) groups excluding carboxylic acids is 3. The molecule has 0 unspecified atom stereocenters. The molecule has 6 nitrogen and oxygen atoms in total. The van der Waals surface area contributed by atoms with Gasteiger partial charge < -0.3 is 0 Å². The van der Waals surface area contributed by atoms with Gasteiger partial charge in [-0.3, -0.25) is 14.5 Å². The van der Waals surface area contributed by atoms with E-state index in [-0.39, 0.29) is 24.1 Å². The number of isocyanates is 1. The molecule has 1 rings (SSSR count). The molecule has 1 aliphatic rings. The summed E-state index contributed by atoms with van der Waals surface area (Å²) in [6, 6.07) is 0. The summed E-state index contributed by atoms with van der Waals surface area (Å²) < 4.78 is 0. The Hall–Kier alpha value is -2.07. The van der Waals surface area contributed by atoms with Crippen LogP contribution in [0.2, 0.25) is 0 Å². The third-order valence-corrected chi connectivity index (χ3v) is 1.80. The minimum absolute atomic E-state index is 0.206. The summed E-state index contributed by atoms with van der Waals surface area (Å²) >= 11 is 0. The van der Waals surface area contributed by atoms with Gasteiger partial charge in [0.2, 0.25) is 17.9 Å². The average molecular weight is 207 g/mol. The van der Waals surface area contributed by atoms with Crippen molar-refractivity contribution in [3.63, 3.8) is 0 Å². The first-order valence-electron chi connectivity index (χ1n) is 4.28. The highest BCUT2D eigenvalue weighted by molar-refractivity contribution is 6.09. The molecular formula is C9H9N3O3. The van der Waals surface area contributed by atoms with Crippen LogP contribution in [0, 0.1) is 0 Å². The van der Waals surface area contributed by atoms with Crippen LogP contribution in [0.3, 0.4) is 0 Å². The molecule has 0 atom stereocenters. The third kappa shape index (κ3) is 2.96. The van der Waals surface area contributed by atoms with E-state index < -0.39 is 0 Å². The molecule has 0 spiro atoms. The van der Waals surface area contributed by atoms with Crippen molar-refractivity contribution in [2.75, 3.05) is 6.54 Å². The fraction of sp³-hybridized carbons (Fsp3) is 0.333. The van der Waals surface area contributed by atoms with Crippen LogP contribution in [0.4, 0.5) is 0 Å². The number of hydrogen-bond acceptors (Lipinski definition) is 4. The molecule has 2 amide bonds. The molecule has 0 aromatic carbocycles. The van der Waals surface area contributed by atoms with Crippen LogP contribution in [0.15, 0.2) is 22.3 Å². The van der Waals surface area contributed by atoms with Crippen LogP contribution in [0.25, 0.3) is 0 Å². The fourth-order valence-corrected chi connectivity index (χ4v) is 1.15. The van der Waals surface area contributed by atoms with Crippen molar-refractivity contribution in [2.24, 2.45) is 9.98 Å². The lowest BCUT2D eigenvalue weighted by Gasteiger charge is -2.23. The molecule has 6 heteroatoms. The van der Waals surface area contributed by atoms with Crippen molar-refractivity contribution >= 4 is 23.7 Å². The van der Waals surface area contributed by atoms with E-state index in [9.17, 15) is 14.4 Å². The highest BCUT2D eigenvalue weighted by atomic mass is 16.2. The Bertz CT molecular complexity index is 391. The van der Waals surface area contributed by atoms with Gasteiger partial charge in [0.05, 0.1) is 0 Å². The van der Waals surface area contributed by atoms with Gasteiger partial charge in [-0.2, -0.15) is 9.98 Å². The van der Waals surface area contributed by atoms with Gasteiger partial charge >= 0.3 is 0 Å². The average Bonchev–Trinajstić information content (AvgIpc) is 2.18. The molecule has 0 aromatic heterocycles. The van der Waals surface area contributed by atoms with E-state index >= 15 is 0 Å². The maximum absolute atomic E-state index is 11.1. The summed E-state index contributed by atoms with van der Waals surface area (Å²) in [6.07, 6.45) is 3.99. The van der Waals surface area contributed by atoms with E-state index in [0.717, 1.165) is 6.20 Å². The van der Waals surface area contributed by atoms with Crippen molar-refractivity contribution in [3.05, 3.63) is 12.3 Å². The second-order valence-corrected chi connectivity index (χ2v) is 2.82. The minimum Gasteiger partial charge on any atom is -0.296 e. The van der Waals surface area contributed by atoms with Crippen LogP contribution < -0.4 is 0 Å². The monoisotopic (exact) mass is 207 g/mol. The number of amides is 2. The first-order valence-corrected chi connectivity index (χ1v) is 4.28. The van der Waals surface area contributed by atoms with Gasteiger partial charge in [-0.1, -0.05) is 0 Å². The van der Waals surface area contributed by atoms with Crippen molar-refractivity contribution in [2.45, 2.75) is 13.3 Å². The van der Waals surface area contributed by atoms with Crippen molar-refractivity contribution in [1.82, 2.24) is 4.90 Å². The first-order chi connectivity index (χ1) is 7.15. The van der Waals surface area contributed by atoms with Crippen LogP contribution in [-0.2, 0) is 14.4 Å². The summed E-state index contributed by atoms with van der Waals surface area (Å²) in [7, 11) is 0. The molecule has 1 heterocycles. The van der Waals surface area contributed by atoms with Gasteiger partial charge in [0.1, 0.15) is 5.84 Å². The van der Waals surface area contributed by atoms with Crippen molar-refractivity contribution < 1.29 is 14.4 Å². The second kappa shape index (κ2) is 4.97. The first kappa shape index (κ1) is 11.0. The predicted molar refractivity (Wildman–Crippen MR) is 51.7 cm³/mol. The van der Waals surface area contributed by atoms with E-state index in [0.29, 0.717) is 6.54 Å². The maximum atomic E-state index is 11.1. The van der Waals surface area contributed by atoms with Gasteiger partial charge in [-0.25, -0.2) is 4.79 Å². The van der Waals surface area contributed by atoms with Crippen molar-refractivity contribution in [1.29, 1.82) is 0 Å². The van der Waals surface area contributed by atoms with Crippen molar-refractivity contribution in [3.8, 4) is 0 Å². The Morgan fingerprint density at radius 2 is 2.40 bits per heavy atom.